The van der Waals surface area contributed by atoms with Crippen LogP contribution in [0.3, 0.4) is 0 Å². The van der Waals surface area contributed by atoms with E-state index in [1.165, 1.54) is 77.0 Å². The van der Waals surface area contributed by atoms with Crippen LogP contribution in [-0.4, -0.2) is 5.97 Å². The van der Waals surface area contributed by atoms with Crippen LogP contribution in [-0.2, 0) is 11.2 Å². The monoisotopic (exact) mass is 498 g/mol. The van der Waals surface area contributed by atoms with Gasteiger partial charge >= 0.3 is 5.97 Å². The lowest BCUT2D eigenvalue weighted by Gasteiger charge is -2.37. The molecular weight excluding hydrogens is 447 g/mol. The summed E-state index contributed by atoms with van der Waals surface area (Å²) in [5.74, 6) is 3.71. The maximum absolute atomic E-state index is 14.8. The van der Waals surface area contributed by atoms with E-state index in [0.717, 1.165) is 73.7 Å². The summed E-state index contributed by atoms with van der Waals surface area (Å²) in [6, 6.07) is 5.23. The first-order valence-electron chi connectivity index (χ1n) is 15.6. The van der Waals surface area contributed by atoms with Gasteiger partial charge in [-0.15, -0.1) is 0 Å². The zero-order valence-corrected chi connectivity index (χ0v) is 23.1. The standard InChI is InChI=1S/C33H51FO2/c1-3-5-24-7-9-26(10-8-24)11-12-27-15-22-32(31(34)23-27)36-33(35)30-20-18-29(19-21-30)28-16-13-25(6-4-2)14-17-28/h15,22-26,28-30H,3-14,16-21H2,1-2H3. The van der Waals surface area contributed by atoms with Crippen LogP contribution >= 0.6 is 0 Å². The number of rotatable bonds is 10. The van der Waals surface area contributed by atoms with Crippen LogP contribution in [0.5, 0.6) is 5.75 Å². The van der Waals surface area contributed by atoms with Crippen molar-refractivity contribution in [3.63, 3.8) is 0 Å². The van der Waals surface area contributed by atoms with Crippen molar-refractivity contribution < 1.29 is 13.9 Å². The molecule has 0 radical (unpaired) electrons. The molecule has 3 fully saturated rings. The van der Waals surface area contributed by atoms with Gasteiger partial charge in [0, 0.05) is 0 Å². The van der Waals surface area contributed by atoms with Gasteiger partial charge in [0.1, 0.15) is 0 Å². The third-order valence-corrected chi connectivity index (χ3v) is 10.1. The smallest absolute Gasteiger partial charge is 0.314 e. The van der Waals surface area contributed by atoms with E-state index < -0.39 is 0 Å². The number of esters is 1. The maximum atomic E-state index is 14.8. The molecule has 0 spiro atoms. The first-order valence-corrected chi connectivity index (χ1v) is 15.6. The van der Waals surface area contributed by atoms with Crippen LogP contribution in [0.2, 0.25) is 0 Å². The molecule has 0 aliphatic heterocycles. The van der Waals surface area contributed by atoms with E-state index in [2.05, 4.69) is 13.8 Å². The summed E-state index contributed by atoms with van der Waals surface area (Å²) < 4.78 is 20.4. The molecule has 36 heavy (non-hydrogen) atoms. The van der Waals surface area contributed by atoms with Gasteiger partial charge in [-0.3, -0.25) is 4.79 Å². The lowest BCUT2D eigenvalue weighted by atomic mass is 9.69. The van der Waals surface area contributed by atoms with Crippen molar-refractivity contribution in [3.05, 3.63) is 29.6 Å². The average molecular weight is 499 g/mol. The first kappa shape index (κ1) is 27.6. The minimum atomic E-state index is -0.384. The summed E-state index contributed by atoms with van der Waals surface area (Å²) in [5, 5.41) is 0. The highest BCUT2D eigenvalue weighted by atomic mass is 19.1. The topological polar surface area (TPSA) is 26.3 Å². The van der Waals surface area contributed by atoms with E-state index in [9.17, 15) is 9.18 Å². The summed E-state index contributed by atoms with van der Waals surface area (Å²) in [6.07, 6.45) is 22.4. The molecule has 0 atom stereocenters. The highest BCUT2D eigenvalue weighted by Crippen LogP contribution is 2.42. The SMILES string of the molecule is CCCC1CCC(CCc2ccc(OC(=O)C3CCC(C4CCC(CCC)CC4)CC3)c(F)c2)CC1. The number of hydrogen-bond acceptors (Lipinski definition) is 2. The van der Waals surface area contributed by atoms with Gasteiger partial charge in [0.2, 0.25) is 0 Å². The third kappa shape index (κ3) is 7.81. The molecule has 1 aromatic carbocycles. The van der Waals surface area contributed by atoms with Crippen molar-refractivity contribution in [1.29, 1.82) is 0 Å². The van der Waals surface area contributed by atoms with Crippen LogP contribution in [0.4, 0.5) is 4.39 Å². The second kappa shape index (κ2) is 14.0. The molecule has 0 amide bonds. The van der Waals surface area contributed by atoms with Crippen molar-refractivity contribution in [2.24, 2.45) is 35.5 Å². The Morgan fingerprint density at radius 1 is 0.750 bits per heavy atom. The summed E-state index contributed by atoms with van der Waals surface area (Å²) in [7, 11) is 0. The summed E-state index contributed by atoms with van der Waals surface area (Å²) in [6.45, 7) is 4.58. The molecule has 3 saturated carbocycles. The van der Waals surface area contributed by atoms with Crippen molar-refractivity contribution in [2.45, 2.75) is 129 Å². The molecule has 202 valence electrons. The number of benzene rings is 1. The number of carbonyl (C=O) groups excluding carboxylic acids is 1. The first-order chi connectivity index (χ1) is 17.6. The van der Waals surface area contributed by atoms with Crippen LogP contribution in [0, 0.1) is 41.3 Å². The van der Waals surface area contributed by atoms with E-state index in [1.54, 1.807) is 12.1 Å². The van der Waals surface area contributed by atoms with E-state index in [1.807, 2.05) is 6.07 Å². The summed E-state index contributed by atoms with van der Waals surface area (Å²) in [5.41, 5.74) is 1.03. The highest BCUT2D eigenvalue weighted by molar-refractivity contribution is 5.75. The Bertz CT molecular complexity index is 796. The molecule has 0 unspecified atom stereocenters. The van der Waals surface area contributed by atoms with Gasteiger partial charge in [-0.2, -0.15) is 0 Å². The van der Waals surface area contributed by atoms with Crippen molar-refractivity contribution in [2.75, 3.05) is 0 Å². The highest BCUT2D eigenvalue weighted by Gasteiger charge is 2.33. The Morgan fingerprint density at radius 2 is 1.25 bits per heavy atom. The average Bonchev–Trinajstić information content (AvgIpc) is 2.90. The van der Waals surface area contributed by atoms with Gasteiger partial charge in [-0.1, -0.05) is 84.1 Å². The van der Waals surface area contributed by atoms with Crippen LogP contribution in [0.1, 0.15) is 129 Å². The fourth-order valence-electron chi connectivity index (χ4n) is 7.75. The molecule has 0 N–H and O–H groups in total. The molecule has 1 aromatic rings. The lowest BCUT2D eigenvalue weighted by Crippen LogP contribution is -2.30. The van der Waals surface area contributed by atoms with E-state index in [-0.39, 0.29) is 23.5 Å². The molecule has 3 aliphatic rings. The molecular formula is C33H51FO2. The molecule has 2 nitrogen and oxygen atoms in total. The summed E-state index contributed by atoms with van der Waals surface area (Å²) in [4.78, 5) is 12.8. The number of hydrogen-bond donors (Lipinski definition) is 0. The van der Waals surface area contributed by atoms with E-state index in [0.29, 0.717) is 0 Å². The fourth-order valence-corrected chi connectivity index (χ4v) is 7.75. The third-order valence-electron chi connectivity index (χ3n) is 10.1. The van der Waals surface area contributed by atoms with Crippen molar-refractivity contribution >= 4 is 5.97 Å². The Kier molecular flexibility index (Phi) is 10.7. The predicted octanol–water partition coefficient (Wildman–Crippen LogP) is 9.68. The lowest BCUT2D eigenvalue weighted by molar-refractivity contribution is -0.140. The number of aryl methyl sites for hydroxylation is 1. The second-order valence-corrected chi connectivity index (χ2v) is 12.6. The molecule has 4 rings (SSSR count). The number of halogens is 1. The zero-order chi connectivity index (χ0) is 25.3. The van der Waals surface area contributed by atoms with Crippen molar-refractivity contribution in [3.8, 4) is 5.75 Å². The molecule has 0 aromatic heterocycles. The maximum Gasteiger partial charge on any atom is 0.314 e. The number of carbonyl (C=O) groups is 1. The Morgan fingerprint density at radius 3 is 1.78 bits per heavy atom. The zero-order valence-electron chi connectivity index (χ0n) is 23.1. The quantitative estimate of drug-likeness (QED) is 0.237. The fraction of sp³-hybridized carbons (Fsp3) is 0.788. The normalized spacial score (nSPS) is 31.2. The predicted molar refractivity (Wildman–Crippen MR) is 147 cm³/mol. The van der Waals surface area contributed by atoms with Gasteiger partial charge in [0.25, 0.3) is 0 Å². The van der Waals surface area contributed by atoms with Crippen molar-refractivity contribution in [1.82, 2.24) is 0 Å². The molecule has 3 heteroatoms. The van der Waals surface area contributed by atoms with Gasteiger partial charge in [-0.05, 0) is 98.7 Å². The molecule has 3 aliphatic carbocycles. The van der Waals surface area contributed by atoms with Crippen LogP contribution in [0.15, 0.2) is 18.2 Å². The van der Waals surface area contributed by atoms with Gasteiger partial charge in [0.05, 0.1) is 5.92 Å². The molecule has 0 bridgehead atoms. The minimum absolute atomic E-state index is 0.0698. The van der Waals surface area contributed by atoms with Gasteiger partial charge < -0.3 is 4.74 Å². The molecule has 0 saturated heterocycles. The van der Waals surface area contributed by atoms with Crippen LogP contribution < -0.4 is 4.74 Å². The van der Waals surface area contributed by atoms with E-state index in [4.69, 9.17) is 4.74 Å². The largest absolute Gasteiger partial charge is 0.423 e. The number of ether oxygens (including phenoxy) is 1. The van der Waals surface area contributed by atoms with Gasteiger partial charge in [0.15, 0.2) is 11.6 Å². The van der Waals surface area contributed by atoms with Gasteiger partial charge in [-0.25, -0.2) is 4.39 Å². The Labute approximate surface area is 220 Å². The Balaban J connectivity index is 1.18. The summed E-state index contributed by atoms with van der Waals surface area (Å²) >= 11 is 0. The Hall–Kier alpha value is -1.38. The molecule has 0 heterocycles. The van der Waals surface area contributed by atoms with Crippen LogP contribution in [0.25, 0.3) is 0 Å². The second-order valence-electron chi connectivity index (χ2n) is 12.6. The van der Waals surface area contributed by atoms with E-state index >= 15 is 0 Å². The minimum Gasteiger partial charge on any atom is -0.423 e.